The van der Waals surface area contributed by atoms with Crippen molar-refractivity contribution in [3.05, 3.63) is 28.8 Å². The van der Waals surface area contributed by atoms with Gasteiger partial charge >= 0.3 is 6.09 Å². The van der Waals surface area contributed by atoms with Gasteiger partial charge in [-0.05, 0) is 51.7 Å². The predicted octanol–water partition coefficient (Wildman–Crippen LogP) is 8.74. The second kappa shape index (κ2) is 24.0. The van der Waals surface area contributed by atoms with Crippen molar-refractivity contribution in [3.8, 4) is 0 Å². The quantitative estimate of drug-likeness (QED) is 0.0950. The zero-order valence-corrected chi connectivity index (χ0v) is 25.9. The highest BCUT2D eigenvalue weighted by atomic mass is 35.5. The number of ether oxygens (including phenoxy) is 1. The Morgan fingerprint density at radius 2 is 1.36 bits per heavy atom. The van der Waals surface area contributed by atoms with Crippen molar-refractivity contribution in [2.24, 2.45) is 0 Å². The van der Waals surface area contributed by atoms with Crippen LogP contribution in [0.2, 0.25) is 5.02 Å². The number of unbranched alkanes of at least 4 members (excludes halogenated alkanes) is 15. The molecule has 0 saturated carbocycles. The van der Waals surface area contributed by atoms with Crippen molar-refractivity contribution in [1.82, 2.24) is 10.2 Å². The Morgan fingerprint density at radius 3 is 1.87 bits per heavy atom. The van der Waals surface area contributed by atoms with E-state index in [-0.39, 0.29) is 6.61 Å². The fourth-order valence-electron chi connectivity index (χ4n) is 4.79. The van der Waals surface area contributed by atoms with E-state index in [0.29, 0.717) is 18.1 Å². The molecule has 0 aliphatic carbocycles. The molecule has 2 amide bonds. The first kappa shape index (κ1) is 35.2. The van der Waals surface area contributed by atoms with Crippen LogP contribution >= 0.6 is 11.6 Å². The van der Waals surface area contributed by atoms with E-state index >= 15 is 0 Å². The summed E-state index contributed by atoms with van der Waals surface area (Å²) in [5, 5.41) is 3.32. The highest BCUT2D eigenvalue weighted by Crippen LogP contribution is 2.25. The molecule has 0 heterocycles. The normalized spacial score (nSPS) is 11.1. The van der Waals surface area contributed by atoms with Crippen LogP contribution in [0.15, 0.2) is 18.2 Å². The molecule has 1 N–H and O–H groups in total. The second-order valence-corrected chi connectivity index (χ2v) is 11.5. The summed E-state index contributed by atoms with van der Waals surface area (Å²) in [4.78, 5) is 27.7. The molecule has 1 aromatic rings. The molecule has 0 aliphatic heterocycles. The fourth-order valence-corrected chi connectivity index (χ4v) is 4.98. The van der Waals surface area contributed by atoms with Gasteiger partial charge in [0.2, 0.25) is 6.41 Å². The van der Waals surface area contributed by atoms with Crippen LogP contribution in [0.1, 0.15) is 122 Å². The van der Waals surface area contributed by atoms with E-state index in [9.17, 15) is 9.59 Å². The number of carbonyl (C=O) groups is 2. The zero-order valence-electron chi connectivity index (χ0n) is 25.2. The van der Waals surface area contributed by atoms with Crippen LogP contribution in [0, 0.1) is 0 Å². The molecule has 0 unspecified atom stereocenters. The Labute approximate surface area is 244 Å². The number of nitrogens with one attached hydrogen (secondary N) is 1. The highest BCUT2D eigenvalue weighted by Gasteiger charge is 2.13. The molecule has 0 fully saturated rings. The fraction of sp³-hybridized carbons (Fsp3) is 0.750. The molecular weight excluding hydrogens is 510 g/mol. The molecule has 0 bridgehead atoms. The van der Waals surface area contributed by atoms with Crippen LogP contribution in [-0.2, 0) is 16.1 Å². The van der Waals surface area contributed by atoms with E-state index in [0.717, 1.165) is 43.5 Å². The zero-order chi connectivity index (χ0) is 28.6. The van der Waals surface area contributed by atoms with E-state index < -0.39 is 6.09 Å². The lowest BCUT2D eigenvalue weighted by atomic mass is 10.0. The van der Waals surface area contributed by atoms with Gasteiger partial charge in [-0.3, -0.25) is 4.79 Å². The molecule has 0 spiro atoms. The molecule has 1 rings (SSSR count). The first-order valence-corrected chi connectivity index (χ1v) is 15.9. The Hall–Kier alpha value is -1.79. The van der Waals surface area contributed by atoms with Crippen LogP contribution in [0.4, 0.5) is 10.5 Å². The summed E-state index contributed by atoms with van der Waals surface area (Å²) < 4.78 is 5.40. The van der Waals surface area contributed by atoms with Crippen molar-refractivity contribution in [1.29, 1.82) is 0 Å². The van der Waals surface area contributed by atoms with E-state index in [1.54, 1.807) is 17.0 Å². The molecule has 7 heteroatoms. The number of carbonyl (C=O) groups excluding carboxylic acids is 2. The molecular formula is C32H56ClN3O3. The Morgan fingerprint density at radius 1 is 0.821 bits per heavy atom. The number of anilines is 1. The van der Waals surface area contributed by atoms with E-state index in [2.05, 4.69) is 17.1 Å². The monoisotopic (exact) mass is 565 g/mol. The smallest absolute Gasteiger partial charge is 0.407 e. The number of alkyl carbamates (subject to hydrolysis) is 1. The minimum absolute atomic E-state index is 0.0682. The van der Waals surface area contributed by atoms with Crippen LogP contribution in [0.5, 0.6) is 0 Å². The maximum absolute atomic E-state index is 12.1. The number of hydrogen-bond donors (Lipinski definition) is 1. The van der Waals surface area contributed by atoms with Crippen LogP contribution in [0.25, 0.3) is 0 Å². The largest absolute Gasteiger partial charge is 0.445 e. The second-order valence-electron chi connectivity index (χ2n) is 11.0. The lowest BCUT2D eigenvalue weighted by Crippen LogP contribution is -2.28. The van der Waals surface area contributed by atoms with Crippen LogP contribution in [-0.4, -0.2) is 51.1 Å². The maximum Gasteiger partial charge on any atom is 0.407 e. The molecule has 224 valence electrons. The lowest BCUT2D eigenvalue weighted by Gasteiger charge is -2.21. The first-order chi connectivity index (χ1) is 19.0. The van der Waals surface area contributed by atoms with E-state index in [1.807, 2.05) is 20.2 Å². The summed E-state index contributed by atoms with van der Waals surface area (Å²) >= 11 is 6.19. The topological polar surface area (TPSA) is 61.9 Å². The summed E-state index contributed by atoms with van der Waals surface area (Å²) in [6, 6.07) is 5.36. The van der Waals surface area contributed by atoms with Gasteiger partial charge < -0.3 is 19.9 Å². The summed E-state index contributed by atoms with van der Waals surface area (Å²) in [6.07, 6.45) is 22.4. The van der Waals surface area contributed by atoms with Gasteiger partial charge in [0.25, 0.3) is 0 Å². The maximum atomic E-state index is 12.1. The van der Waals surface area contributed by atoms with Crippen molar-refractivity contribution in [2.45, 2.75) is 123 Å². The molecule has 0 aliphatic rings. The molecule has 0 atom stereocenters. The molecule has 6 nitrogen and oxygen atoms in total. The number of hydrogen-bond acceptors (Lipinski definition) is 4. The molecule has 0 aromatic heterocycles. The van der Waals surface area contributed by atoms with Gasteiger partial charge in [0.05, 0.1) is 5.69 Å². The standard InChI is InChI=1S/C32H56ClN3O3/c1-4-5-6-7-8-9-10-11-12-13-14-15-16-17-18-19-25-36(28-37)31-22-21-30(33)26-29(31)27-39-32(38)34-23-20-24-35(2)3/h21-22,26,28H,4-20,23-25,27H2,1-3H3,(H,34,38). The Kier molecular flexibility index (Phi) is 21.7. The number of benzene rings is 1. The minimum atomic E-state index is -0.463. The van der Waals surface area contributed by atoms with E-state index in [4.69, 9.17) is 16.3 Å². The van der Waals surface area contributed by atoms with Gasteiger partial charge in [0.1, 0.15) is 6.61 Å². The van der Waals surface area contributed by atoms with Crippen molar-refractivity contribution >= 4 is 29.8 Å². The number of amides is 2. The highest BCUT2D eigenvalue weighted by molar-refractivity contribution is 6.30. The van der Waals surface area contributed by atoms with Crippen LogP contribution in [0.3, 0.4) is 0 Å². The Bertz CT molecular complexity index is 760. The van der Waals surface area contributed by atoms with Crippen molar-refractivity contribution < 1.29 is 14.3 Å². The minimum Gasteiger partial charge on any atom is -0.445 e. The summed E-state index contributed by atoms with van der Waals surface area (Å²) in [7, 11) is 4.00. The number of halogens is 1. The first-order valence-electron chi connectivity index (χ1n) is 15.5. The predicted molar refractivity (Wildman–Crippen MR) is 166 cm³/mol. The van der Waals surface area contributed by atoms with Gasteiger partial charge in [0, 0.05) is 23.7 Å². The van der Waals surface area contributed by atoms with Gasteiger partial charge in [-0.2, -0.15) is 0 Å². The number of rotatable bonds is 25. The van der Waals surface area contributed by atoms with Gasteiger partial charge in [-0.25, -0.2) is 4.79 Å². The summed E-state index contributed by atoms with van der Waals surface area (Å²) in [6.45, 7) is 4.44. The SMILES string of the molecule is CCCCCCCCCCCCCCCCCCN(C=O)c1ccc(Cl)cc1COC(=O)NCCCN(C)C. The summed E-state index contributed by atoms with van der Waals surface area (Å²) in [5.74, 6) is 0. The third-order valence-electron chi connectivity index (χ3n) is 7.14. The van der Waals surface area contributed by atoms with Gasteiger partial charge in [-0.15, -0.1) is 0 Å². The third kappa shape index (κ3) is 19.0. The molecule has 39 heavy (non-hydrogen) atoms. The third-order valence-corrected chi connectivity index (χ3v) is 7.38. The Balaban J connectivity index is 2.20. The average Bonchev–Trinajstić information content (AvgIpc) is 2.92. The van der Waals surface area contributed by atoms with E-state index in [1.165, 1.54) is 89.9 Å². The van der Waals surface area contributed by atoms with Gasteiger partial charge in [-0.1, -0.05) is 115 Å². The van der Waals surface area contributed by atoms with Crippen molar-refractivity contribution in [2.75, 3.05) is 38.6 Å². The number of nitrogens with zero attached hydrogens (tertiary/aromatic N) is 2. The molecule has 1 aromatic carbocycles. The molecule has 0 radical (unpaired) electrons. The average molecular weight is 566 g/mol. The molecule has 0 saturated heterocycles. The van der Waals surface area contributed by atoms with Crippen LogP contribution < -0.4 is 10.2 Å². The van der Waals surface area contributed by atoms with Crippen molar-refractivity contribution in [3.63, 3.8) is 0 Å². The lowest BCUT2D eigenvalue weighted by molar-refractivity contribution is -0.107. The van der Waals surface area contributed by atoms with Gasteiger partial charge in [0.15, 0.2) is 0 Å². The summed E-state index contributed by atoms with van der Waals surface area (Å²) in [5.41, 5.74) is 1.48.